The minimum atomic E-state index is -4.51. The summed E-state index contributed by atoms with van der Waals surface area (Å²) < 4.78 is 40.9. The third-order valence-corrected chi connectivity index (χ3v) is 6.11. The number of hydrogen-bond donors (Lipinski definition) is 1. The molecule has 2 aliphatic heterocycles. The summed E-state index contributed by atoms with van der Waals surface area (Å²) in [5.74, 6) is -0.187. The molecule has 9 heteroatoms. The molecule has 1 saturated carbocycles. The molecule has 0 unspecified atom stereocenters. The van der Waals surface area contributed by atoms with Gasteiger partial charge in [-0.1, -0.05) is 0 Å². The molecule has 3 heterocycles. The van der Waals surface area contributed by atoms with E-state index >= 15 is 0 Å². The van der Waals surface area contributed by atoms with Crippen molar-refractivity contribution >= 4 is 17.7 Å². The van der Waals surface area contributed by atoms with Crippen molar-refractivity contribution < 1.29 is 23.1 Å². The van der Waals surface area contributed by atoms with Gasteiger partial charge in [0, 0.05) is 37.2 Å². The Balaban J connectivity index is 1.65. The van der Waals surface area contributed by atoms with Gasteiger partial charge in [0.1, 0.15) is 5.82 Å². The second-order valence-electron chi connectivity index (χ2n) is 7.88. The minimum Gasteiger partial charge on any atom is -0.481 e. The predicted octanol–water partition coefficient (Wildman–Crippen LogP) is 3.10. The zero-order chi connectivity index (χ0) is 19.3. The molecule has 1 aliphatic carbocycles. The number of nitrogens with zero attached hydrogens (tertiary/aromatic N) is 4. The molecule has 0 radical (unpaired) electrons. The van der Waals surface area contributed by atoms with Crippen LogP contribution in [0.1, 0.15) is 50.3 Å². The highest BCUT2D eigenvalue weighted by Gasteiger charge is 2.43. The van der Waals surface area contributed by atoms with Crippen LogP contribution in [0.5, 0.6) is 0 Å². The summed E-state index contributed by atoms with van der Waals surface area (Å²) in [5.41, 5.74) is -0.634. The number of aliphatic carboxylic acids is 1. The third kappa shape index (κ3) is 3.32. The van der Waals surface area contributed by atoms with Gasteiger partial charge in [-0.15, -0.1) is 0 Å². The lowest BCUT2D eigenvalue weighted by Crippen LogP contribution is -2.47. The van der Waals surface area contributed by atoms with Crippen LogP contribution in [0.15, 0.2) is 0 Å². The van der Waals surface area contributed by atoms with Crippen LogP contribution in [0.2, 0.25) is 0 Å². The summed E-state index contributed by atoms with van der Waals surface area (Å²) in [7, 11) is 0. The molecule has 1 aromatic heterocycles. The second-order valence-corrected chi connectivity index (χ2v) is 7.88. The first-order valence-corrected chi connectivity index (χ1v) is 9.47. The molecule has 0 bridgehead atoms. The molecule has 4 rings (SSSR count). The Morgan fingerprint density at radius 1 is 1.19 bits per heavy atom. The lowest BCUT2D eigenvalue weighted by molar-refractivity contribution is -0.141. The second kappa shape index (κ2) is 6.53. The number of rotatable bonds is 4. The van der Waals surface area contributed by atoms with E-state index in [-0.39, 0.29) is 42.4 Å². The highest BCUT2D eigenvalue weighted by Crippen LogP contribution is 2.43. The number of aromatic nitrogens is 2. The van der Waals surface area contributed by atoms with Crippen LogP contribution in [-0.2, 0) is 17.4 Å². The summed E-state index contributed by atoms with van der Waals surface area (Å²) in [6.07, 6.45) is -0.926. The fourth-order valence-electron chi connectivity index (χ4n) is 4.56. The van der Waals surface area contributed by atoms with Gasteiger partial charge in [0.2, 0.25) is 5.95 Å². The highest BCUT2D eigenvalue weighted by atomic mass is 19.4. The smallest absolute Gasteiger partial charge is 0.433 e. The standard InChI is InChI=1S/C18H23F3N4O2/c1-10-4-6-24(10)17-22-15(18(19,20)21)13-5-7-25(16(13)23-17)12-3-2-11(8-12)9-14(26)27/h10-12H,2-9H2,1H3,(H,26,27)/t10-,11+,12+/m0/s1. The molecule has 3 aliphatic rings. The molecular weight excluding hydrogens is 361 g/mol. The Kier molecular flexibility index (Phi) is 4.43. The zero-order valence-corrected chi connectivity index (χ0v) is 15.2. The molecule has 1 saturated heterocycles. The first kappa shape index (κ1) is 18.3. The van der Waals surface area contributed by atoms with E-state index in [4.69, 9.17) is 5.11 Å². The Labute approximate surface area is 155 Å². The van der Waals surface area contributed by atoms with Crippen LogP contribution in [0.3, 0.4) is 0 Å². The molecule has 148 valence electrons. The fourth-order valence-corrected chi connectivity index (χ4v) is 4.56. The van der Waals surface area contributed by atoms with Crippen LogP contribution < -0.4 is 9.80 Å². The number of carboxylic acids is 1. The van der Waals surface area contributed by atoms with Gasteiger partial charge in [-0.05, 0) is 44.9 Å². The van der Waals surface area contributed by atoms with Crippen molar-refractivity contribution in [3.05, 3.63) is 11.3 Å². The summed E-state index contributed by atoms with van der Waals surface area (Å²) in [4.78, 5) is 23.2. The van der Waals surface area contributed by atoms with Gasteiger partial charge in [-0.3, -0.25) is 4.79 Å². The summed E-state index contributed by atoms with van der Waals surface area (Å²) in [5, 5.41) is 9.00. The molecule has 27 heavy (non-hydrogen) atoms. The molecule has 3 atom stereocenters. The van der Waals surface area contributed by atoms with Crippen molar-refractivity contribution in [1.29, 1.82) is 0 Å². The summed E-state index contributed by atoms with van der Waals surface area (Å²) in [6.45, 7) is 3.11. The lowest BCUT2D eigenvalue weighted by Gasteiger charge is -2.39. The van der Waals surface area contributed by atoms with Gasteiger partial charge in [-0.2, -0.15) is 18.2 Å². The average molecular weight is 384 g/mol. The Morgan fingerprint density at radius 3 is 2.56 bits per heavy atom. The van der Waals surface area contributed by atoms with E-state index in [2.05, 4.69) is 9.97 Å². The van der Waals surface area contributed by atoms with Gasteiger partial charge in [0.05, 0.1) is 0 Å². The van der Waals surface area contributed by atoms with E-state index in [0.717, 1.165) is 19.3 Å². The van der Waals surface area contributed by atoms with Crippen molar-refractivity contribution in [2.24, 2.45) is 5.92 Å². The van der Waals surface area contributed by atoms with Crippen molar-refractivity contribution in [2.45, 2.75) is 63.7 Å². The number of alkyl halides is 3. The van der Waals surface area contributed by atoms with Crippen LogP contribution in [0.25, 0.3) is 0 Å². The Morgan fingerprint density at radius 2 is 1.96 bits per heavy atom. The van der Waals surface area contributed by atoms with E-state index in [1.54, 1.807) is 0 Å². The van der Waals surface area contributed by atoms with Gasteiger partial charge in [-0.25, -0.2) is 4.98 Å². The summed E-state index contributed by atoms with van der Waals surface area (Å²) >= 11 is 0. The van der Waals surface area contributed by atoms with E-state index in [1.807, 2.05) is 16.7 Å². The van der Waals surface area contributed by atoms with E-state index in [0.29, 0.717) is 25.3 Å². The van der Waals surface area contributed by atoms with Crippen molar-refractivity contribution in [3.63, 3.8) is 0 Å². The quantitative estimate of drug-likeness (QED) is 0.860. The number of carbonyl (C=O) groups is 1. The molecule has 2 fully saturated rings. The summed E-state index contributed by atoms with van der Waals surface area (Å²) in [6, 6.07) is 0.193. The molecule has 6 nitrogen and oxygen atoms in total. The monoisotopic (exact) mass is 384 g/mol. The van der Waals surface area contributed by atoms with E-state index in [1.165, 1.54) is 0 Å². The first-order valence-electron chi connectivity index (χ1n) is 9.47. The SMILES string of the molecule is C[C@H]1CCN1c1nc2c(c(C(F)(F)F)n1)CCN2[C@@H]1CC[C@@H](CC(=O)O)C1. The molecule has 1 N–H and O–H groups in total. The normalized spacial score (nSPS) is 27.6. The van der Waals surface area contributed by atoms with Crippen LogP contribution in [0.4, 0.5) is 24.9 Å². The number of hydrogen-bond acceptors (Lipinski definition) is 5. The highest BCUT2D eigenvalue weighted by molar-refractivity contribution is 5.67. The Hall–Kier alpha value is -2.06. The zero-order valence-electron chi connectivity index (χ0n) is 15.2. The van der Waals surface area contributed by atoms with Crippen molar-refractivity contribution in [3.8, 4) is 0 Å². The molecule has 0 amide bonds. The number of anilines is 2. The fraction of sp³-hybridized carbons (Fsp3) is 0.722. The molecule has 0 aromatic carbocycles. The largest absolute Gasteiger partial charge is 0.481 e. The molecule has 0 spiro atoms. The van der Waals surface area contributed by atoms with Crippen LogP contribution >= 0.6 is 0 Å². The minimum absolute atomic E-state index is 0.0493. The third-order valence-electron chi connectivity index (χ3n) is 6.11. The maximum Gasteiger partial charge on any atom is 0.433 e. The van der Waals surface area contributed by atoms with Crippen LogP contribution in [0, 0.1) is 5.92 Å². The topological polar surface area (TPSA) is 69.6 Å². The van der Waals surface area contributed by atoms with Gasteiger partial charge in [0.25, 0.3) is 0 Å². The lowest BCUT2D eigenvalue weighted by atomic mass is 10.0. The molecular formula is C18H23F3N4O2. The van der Waals surface area contributed by atoms with Crippen LogP contribution in [-0.4, -0.2) is 46.2 Å². The predicted molar refractivity (Wildman–Crippen MR) is 92.9 cm³/mol. The van der Waals surface area contributed by atoms with Gasteiger partial charge >= 0.3 is 12.1 Å². The number of carboxylic acid groups (broad SMARTS) is 1. The maximum atomic E-state index is 13.6. The average Bonchev–Trinajstić information content (AvgIpc) is 3.17. The molecule has 1 aromatic rings. The number of fused-ring (bicyclic) bond motifs is 1. The van der Waals surface area contributed by atoms with Crippen molar-refractivity contribution in [2.75, 3.05) is 22.9 Å². The Bertz CT molecular complexity index is 755. The maximum absolute atomic E-state index is 13.6. The van der Waals surface area contributed by atoms with Crippen molar-refractivity contribution in [1.82, 2.24) is 9.97 Å². The van der Waals surface area contributed by atoms with E-state index in [9.17, 15) is 18.0 Å². The number of halogens is 3. The van der Waals surface area contributed by atoms with Gasteiger partial charge < -0.3 is 14.9 Å². The first-order chi connectivity index (χ1) is 12.7. The van der Waals surface area contributed by atoms with E-state index < -0.39 is 17.8 Å². The van der Waals surface area contributed by atoms with Gasteiger partial charge in [0.15, 0.2) is 5.69 Å².